The van der Waals surface area contributed by atoms with Crippen molar-refractivity contribution in [3.05, 3.63) is 41.5 Å². The molecule has 3 atom stereocenters. The predicted octanol–water partition coefficient (Wildman–Crippen LogP) is 8.38. The standard InChI is InChI=1S/C31H40F3NO3/c1-3-19-8-12-25(13-9-19)38-28-15-11-20-16-21(10-14-26(20)29(28)31(32,33)34)27(4-2)35-23-6-5-7-24(35)18-22(17-23)30(36)37/h10-11,14-16,19,22-25,27H,3-9,12-13,17-18H2,1-2H3,(H,36,37)/t19-,22?,23?,24?,25+,27-/m0/s1. The summed E-state index contributed by atoms with van der Waals surface area (Å²) in [7, 11) is 0. The van der Waals surface area contributed by atoms with Gasteiger partial charge < -0.3 is 9.84 Å². The quantitative estimate of drug-likeness (QED) is 0.390. The second-order valence-electron chi connectivity index (χ2n) is 11.7. The Labute approximate surface area is 223 Å². The van der Waals surface area contributed by atoms with E-state index in [1.54, 1.807) is 12.1 Å². The van der Waals surface area contributed by atoms with Crippen LogP contribution in [0.1, 0.15) is 102 Å². The first-order valence-corrected chi connectivity index (χ1v) is 14.5. The van der Waals surface area contributed by atoms with Crippen molar-refractivity contribution in [1.82, 2.24) is 4.90 Å². The summed E-state index contributed by atoms with van der Waals surface area (Å²) >= 11 is 0. The summed E-state index contributed by atoms with van der Waals surface area (Å²) < 4.78 is 49.2. The fraction of sp³-hybridized carbons (Fsp3) is 0.645. The summed E-state index contributed by atoms with van der Waals surface area (Å²) in [6.07, 6.45) is 5.19. The molecular formula is C31H40F3NO3. The zero-order valence-corrected chi connectivity index (χ0v) is 22.5. The van der Waals surface area contributed by atoms with E-state index in [2.05, 4.69) is 18.7 Å². The minimum absolute atomic E-state index is 0.0588. The van der Waals surface area contributed by atoms with Crippen molar-refractivity contribution in [3.8, 4) is 5.75 Å². The van der Waals surface area contributed by atoms with Gasteiger partial charge in [0.1, 0.15) is 11.3 Å². The van der Waals surface area contributed by atoms with Gasteiger partial charge in [-0.25, -0.2) is 0 Å². The highest BCUT2D eigenvalue weighted by Gasteiger charge is 2.44. The highest BCUT2D eigenvalue weighted by Crippen LogP contribution is 2.46. The first-order chi connectivity index (χ1) is 18.2. The molecule has 0 amide bonds. The number of rotatable bonds is 7. The molecule has 5 rings (SSSR count). The number of carboxylic acid groups (broad SMARTS) is 1. The van der Waals surface area contributed by atoms with Gasteiger partial charge in [-0.3, -0.25) is 9.69 Å². The van der Waals surface area contributed by atoms with Gasteiger partial charge >= 0.3 is 12.1 Å². The van der Waals surface area contributed by atoms with Crippen LogP contribution in [0.5, 0.6) is 5.75 Å². The molecule has 1 N–H and O–H groups in total. The van der Waals surface area contributed by atoms with Gasteiger partial charge in [0.2, 0.25) is 0 Å². The summed E-state index contributed by atoms with van der Waals surface area (Å²) in [6, 6.07) is 9.12. The number of carbonyl (C=O) groups is 1. The lowest BCUT2D eigenvalue weighted by Gasteiger charge is -2.51. The zero-order valence-electron chi connectivity index (χ0n) is 22.5. The average Bonchev–Trinajstić information content (AvgIpc) is 2.88. The Balaban J connectivity index is 1.44. The number of alkyl halides is 3. The topological polar surface area (TPSA) is 49.8 Å². The molecule has 1 aliphatic carbocycles. The third-order valence-electron chi connectivity index (χ3n) is 9.47. The number of aliphatic carboxylic acids is 1. The Bertz CT molecular complexity index is 1130. The Morgan fingerprint density at radius 3 is 2.29 bits per heavy atom. The largest absolute Gasteiger partial charge is 0.490 e. The molecule has 2 heterocycles. The smallest absolute Gasteiger partial charge is 0.420 e. The van der Waals surface area contributed by atoms with Crippen LogP contribution in [-0.4, -0.2) is 34.2 Å². The molecule has 2 aromatic carbocycles. The Morgan fingerprint density at radius 2 is 1.71 bits per heavy atom. The van der Waals surface area contributed by atoms with Crippen LogP contribution in [-0.2, 0) is 11.0 Å². The van der Waals surface area contributed by atoms with Gasteiger partial charge in [-0.15, -0.1) is 0 Å². The number of hydrogen-bond donors (Lipinski definition) is 1. The van der Waals surface area contributed by atoms with Crippen LogP contribution in [0, 0.1) is 11.8 Å². The van der Waals surface area contributed by atoms with E-state index in [0.29, 0.717) is 24.1 Å². The van der Waals surface area contributed by atoms with Crippen LogP contribution in [0.4, 0.5) is 13.2 Å². The fourth-order valence-corrected chi connectivity index (χ4v) is 7.51. The van der Waals surface area contributed by atoms with E-state index in [4.69, 9.17) is 4.74 Å². The first kappa shape index (κ1) is 27.3. The molecule has 1 saturated carbocycles. The van der Waals surface area contributed by atoms with Gasteiger partial charge in [-0.2, -0.15) is 13.2 Å². The third-order valence-corrected chi connectivity index (χ3v) is 9.47. The number of hydrogen-bond acceptors (Lipinski definition) is 3. The van der Waals surface area contributed by atoms with E-state index in [1.165, 1.54) is 6.07 Å². The Hall–Kier alpha value is -2.28. The average molecular weight is 532 g/mol. The van der Waals surface area contributed by atoms with Crippen molar-refractivity contribution in [2.75, 3.05) is 0 Å². The van der Waals surface area contributed by atoms with Crippen molar-refractivity contribution >= 4 is 16.7 Å². The van der Waals surface area contributed by atoms with E-state index in [9.17, 15) is 23.1 Å². The molecular weight excluding hydrogens is 491 g/mol. The second kappa shape index (κ2) is 11.1. The maximum Gasteiger partial charge on any atom is 0.420 e. The lowest BCUT2D eigenvalue weighted by molar-refractivity contribution is -0.147. The summed E-state index contributed by atoms with van der Waals surface area (Å²) in [4.78, 5) is 14.2. The SMILES string of the molecule is CC[C@@H](c1ccc2c(C(F)(F)F)c(O[C@H]3CC[C@@H](CC)CC3)ccc2c1)N1C2CCCC1CC(C(=O)O)C2. The lowest BCUT2D eigenvalue weighted by atomic mass is 9.76. The fourth-order valence-electron chi connectivity index (χ4n) is 7.51. The maximum atomic E-state index is 14.4. The molecule has 38 heavy (non-hydrogen) atoms. The Kier molecular flexibility index (Phi) is 7.95. The van der Waals surface area contributed by atoms with Crippen LogP contribution >= 0.6 is 0 Å². The van der Waals surface area contributed by atoms with Gasteiger partial charge in [0.15, 0.2) is 0 Å². The number of carboxylic acids is 1. The van der Waals surface area contributed by atoms with E-state index in [0.717, 1.165) is 63.4 Å². The molecule has 3 aliphatic rings. The number of fused-ring (bicyclic) bond motifs is 3. The summed E-state index contributed by atoms with van der Waals surface area (Å²) in [5.74, 6) is -0.431. The van der Waals surface area contributed by atoms with Crippen molar-refractivity contribution in [3.63, 3.8) is 0 Å². The van der Waals surface area contributed by atoms with E-state index in [1.807, 2.05) is 12.1 Å². The third kappa shape index (κ3) is 5.41. The monoisotopic (exact) mass is 531 g/mol. The maximum absolute atomic E-state index is 14.4. The van der Waals surface area contributed by atoms with E-state index >= 15 is 0 Å². The van der Waals surface area contributed by atoms with Gasteiger partial charge in [0.25, 0.3) is 0 Å². The van der Waals surface area contributed by atoms with Crippen LogP contribution < -0.4 is 4.74 Å². The van der Waals surface area contributed by atoms with Crippen LogP contribution in [0.25, 0.3) is 10.8 Å². The summed E-state index contributed by atoms with van der Waals surface area (Å²) in [6.45, 7) is 4.28. The number of nitrogens with zero attached hydrogens (tertiary/aromatic N) is 1. The number of benzene rings is 2. The molecule has 7 heteroatoms. The minimum atomic E-state index is -4.52. The van der Waals surface area contributed by atoms with Gasteiger partial charge in [-0.1, -0.05) is 44.9 Å². The molecule has 0 radical (unpaired) electrons. The van der Waals surface area contributed by atoms with Gasteiger partial charge in [-0.05, 0) is 92.2 Å². The van der Waals surface area contributed by atoms with E-state index < -0.39 is 17.7 Å². The molecule has 2 unspecified atom stereocenters. The zero-order chi connectivity index (χ0) is 27.0. The van der Waals surface area contributed by atoms with Crippen LogP contribution in [0.15, 0.2) is 30.3 Å². The van der Waals surface area contributed by atoms with Crippen molar-refractivity contribution < 1.29 is 27.8 Å². The number of piperidine rings is 2. The number of ether oxygens (including phenoxy) is 1. The summed E-state index contributed by atoms with van der Waals surface area (Å²) in [5.41, 5.74) is 0.330. The lowest BCUT2D eigenvalue weighted by Crippen LogP contribution is -2.54. The van der Waals surface area contributed by atoms with Crippen LogP contribution in [0.3, 0.4) is 0 Å². The Morgan fingerprint density at radius 1 is 1.03 bits per heavy atom. The normalized spacial score (nSPS) is 29.2. The predicted molar refractivity (Wildman–Crippen MR) is 142 cm³/mol. The molecule has 2 aliphatic heterocycles. The molecule has 208 valence electrons. The van der Waals surface area contributed by atoms with Gasteiger partial charge in [0.05, 0.1) is 12.0 Å². The highest BCUT2D eigenvalue weighted by atomic mass is 19.4. The van der Waals surface area contributed by atoms with Crippen molar-refractivity contribution in [2.24, 2.45) is 11.8 Å². The first-order valence-electron chi connectivity index (χ1n) is 14.5. The van der Waals surface area contributed by atoms with E-state index in [-0.39, 0.29) is 41.3 Å². The minimum Gasteiger partial charge on any atom is -0.490 e. The highest BCUT2D eigenvalue weighted by molar-refractivity contribution is 5.89. The molecule has 2 saturated heterocycles. The molecule has 3 fully saturated rings. The van der Waals surface area contributed by atoms with Crippen molar-refractivity contribution in [1.29, 1.82) is 0 Å². The van der Waals surface area contributed by atoms with Crippen LogP contribution in [0.2, 0.25) is 0 Å². The molecule has 2 bridgehead atoms. The number of halogens is 3. The second-order valence-corrected chi connectivity index (χ2v) is 11.7. The molecule has 4 nitrogen and oxygen atoms in total. The molecule has 0 spiro atoms. The van der Waals surface area contributed by atoms with Gasteiger partial charge in [0, 0.05) is 18.1 Å². The molecule has 0 aromatic heterocycles. The summed E-state index contributed by atoms with van der Waals surface area (Å²) in [5, 5.41) is 10.4. The molecule has 2 aromatic rings. The van der Waals surface area contributed by atoms with Crippen molar-refractivity contribution in [2.45, 2.75) is 115 Å².